The van der Waals surface area contributed by atoms with E-state index in [0.717, 1.165) is 37.8 Å². The summed E-state index contributed by atoms with van der Waals surface area (Å²) in [7, 11) is 2.13. The van der Waals surface area contributed by atoms with Gasteiger partial charge in [-0.25, -0.2) is 4.39 Å². The van der Waals surface area contributed by atoms with Gasteiger partial charge in [0.1, 0.15) is 5.82 Å². The van der Waals surface area contributed by atoms with Crippen LogP contribution in [0.25, 0.3) is 0 Å². The quantitative estimate of drug-likeness (QED) is 0.685. The number of benzene rings is 1. The van der Waals surface area contributed by atoms with Crippen LogP contribution in [0.1, 0.15) is 42.5 Å². The van der Waals surface area contributed by atoms with Crippen LogP contribution in [0.3, 0.4) is 0 Å². The van der Waals surface area contributed by atoms with E-state index in [1.807, 2.05) is 0 Å². The van der Waals surface area contributed by atoms with Gasteiger partial charge in [-0.15, -0.1) is 0 Å². The molecule has 1 aromatic carbocycles. The molecule has 2 heterocycles. The van der Waals surface area contributed by atoms with Crippen LogP contribution in [0, 0.1) is 15.9 Å². The highest BCUT2D eigenvalue weighted by molar-refractivity contribution is 5.94. The van der Waals surface area contributed by atoms with Gasteiger partial charge >= 0.3 is 0 Å². The maximum absolute atomic E-state index is 13.9. The molecule has 1 amide bonds. The second-order valence-electron chi connectivity index (χ2n) is 6.47. The van der Waals surface area contributed by atoms with E-state index >= 15 is 0 Å². The largest absolute Gasteiger partial charge is 0.349 e. The number of hydrogen-bond donors (Lipinski definition) is 1. The van der Waals surface area contributed by atoms with Gasteiger partial charge in [-0.3, -0.25) is 14.9 Å². The van der Waals surface area contributed by atoms with Crippen molar-refractivity contribution in [3.05, 3.63) is 39.7 Å². The van der Waals surface area contributed by atoms with Crippen LogP contribution in [0.15, 0.2) is 18.2 Å². The van der Waals surface area contributed by atoms with Crippen molar-refractivity contribution < 1.29 is 14.1 Å². The second-order valence-corrected chi connectivity index (χ2v) is 6.47. The van der Waals surface area contributed by atoms with E-state index in [1.165, 1.54) is 12.5 Å². The molecule has 2 aliphatic heterocycles. The van der Waals surface area contributed by atoms with Crippen molar-refractivity contribution in [2.24, 2.45) is 0 Å². The van der Waals surface area contributed by atoms with Gasteiger partial charge in [0.25, 0.3) is 11.6 Å². The Hall–Kier alpha value is -2.02. The highest BCUT2D eigenvalue weighted by atomic mass is 19.1. The lowest BCUT2D eigenvalue weighted by Crippen LogP contribution is -2.55. The van der Waals surface area contributed by atoms with Crippen molar-refractivity contribution >= 4 is 11.6 Å². The number of hydrogen-bond acceptors (Lipinski definition) is 4. The summed E-state index contributed by atoms with van der Waals surface area (Å²) in [6.45, 7) is 0. The SMILES string of the molecule is CN1[C@@H]2CCC[C@H]1CC(NC(=O)c1ccc([N+](=O)[O-])cc1F)C2. The summed E-state index contributed by atoms with van der Waals surface area (Å²) >= 11 is 0. The number of nitrogens with one attached hydrogen (secondary N) is 1. The zero-order chi connectivity index (χ0) is 16.6. The summed E-state index contributed by atoms with van der Waals surface area (Å²) in [5.74, 6) is -1.35. The third-order valence-electron chi connectivity index (χ3n) is 5.08. The summed E-state index contributed by atoms with van der Waals surface area (Å²) in [6.07, 6.45) is 5.22. The Labute approximate surface area is 133 Å². The third-order valence-corrected chi connectivity index (χ3v) is 5.08. The molecule has 23 heavy (non-hydrogen) atoms. The number of amides is 1. The fraction of sp³-hybridized carbons (Fsp3) is 0.562. The van der Waals surface area contributed by atoms with E-state index in [2.05, 4.69) is 17.3 Å². The van der Waals surface area contributed by atoms with E-state index < -0.39 is 16.6 Å². The van der Waals surface area contributed by atoms with Gasteiger partial charge in [0.15, 0.2) is 0 Å². The topological polar surface area (TPSA) is 75.5 Å². The minimum Gasteiger partial charge on any atom is -0.349 e. The number of nitro benzene ring substituents is 1. The first-order valence-corrected chi connectivity index (χ1v) is 7.92. The number of non-ortho nitro benzene ring substituents is 1. The summed E-state index contributed by atoms with van der Waals surface area (Å²) in [4.78, 5) is 24.6. The van der Waals surface area contributed by atoms with Crippen molar-refractivity contribution in [2.45, 2.75) is 50.2 Å². The molecular formula is C16H20FN3O3. The van der Waals surface area contributed by atoms with Crippen LogP contribution in [0.2, 0.25) is 0 Å². The molecule has 3 atom stereocenters. The summed E-state index contributed by atoms with van der Waals surface area (Å²) in [5, 5.41) is 13.5. The van der Waals surface area contributed by atoms with Gasteiger partial charge in [-0.1, -0.05) is 6.42 Å². The van der Waals surface area contributed by atoms with E-state index in [-0.39, 0.29) is 17.3 Å². The molecule has 2 aliphatic rings. The molecule has 0 radical (unpaired) electrons. The minimum absolute atomic E-state index is 0.0311. The third kappa shape index (κ3) is 3.19. The van der Waals surface area contributed by atoms with Crippen LogP contribution < -0.4 is 5.32 Å². The van der Waals surface area contributed by atoms with E-state index in [1.54, 1.807) is 0 Å². The molecule has 6 nitrogen and oxygen atoms in total. The summed E-state index contributed by atoms with van der Waals surface area (Å²) in [6, 6.07) is 4.09. The van der Waals surface area contributed by atoms with Gasteiger partial charge in [0.05, 0.1) is 16.6 Å². The molecule has 0 aliphatic carbocycles. The van der Waals surface area contributed by atoms with E-state index in [4.69, 9.17) is 0 Å². The number of rotatable bonds is 3. The first-order valence-electron chi connectivity index (χ1n) is 7.92. The van der Waals surface area contributed by atoms with Crippen LogP contribution in [0.5, 0.6) is 0 Å². The molecule has 7 heteroatoms. The molecule has 1 unspecified atom stereocenters. The Morgan fingerprint density at radius 2 is 2.00 bits per heavy atom. The second kappa shape index (κ2) is 6.23. The molecule has 2 saturated heterocycles. The lowest BCUT2D eigenvalue weighted by Gasteiger charge is -2.47. The normalized spacial score (nSPS) is 27.5. The molecule has 1 N–H and O–H groups in total. The monoisotopic (exact) mass is 321 g/mol. The number of nitrogens with zero attached hydrogens (tertiary/aromatic N) is 2. The molecule has 0 aromatic heterocycles. The first-order chi connectivity index (χ1) is 11.0. The summed E-state index contributed by atoms with van der Waals surface area (Å²) in [5.41, 5.74) is -0.493. The Kier molecular flexibility index (Phi) is 4.30. The average Bonchev–Trinajstić information content (AvgIpc) is 2.48. The smallest absolute Gasteiger partial charge is 0.272 e. The maximum Gasteiger partial charge on any atom is 0.272 e. The van der Waals surface area contributed by atoms with Gasteiger partial charge < -0.3 is 10.2 Å². The van der Waals surface area contributed by atoms with Crippen molar-refractivity contribution in [1.82, 2.24) is 10.2 Å². The Morgan fingerprint density at radius 3 is 2.57 bits per heavy atom. The van der Waals surface area contributed by atoms with Gasteiger partial charge in [0, 0.05) is 24.2 Å². The van der Waals surface area contributed by atoms with Crippen LogP contribution in [-0.2, 0) is 0 Å². The van der Waals surface area contributed by atoms with Crippen molar-refractivity contribution in [2.75, 3.05) is 7.05 Å². The average molecular weight is 321 g/mol. The van der Waals surface area contributed by atoms with E-state index in [0.29, 0.717) is 12.1 Å². The number of carbonyl (C=O) groups excluding carboxylic acids is 1. The Balaban J connectivity index is 1.69. The van der Waals surface area contributed by atoms with Crippen LogP contribution >= 0.6 is 0 Å². The molecule has 124 valence electrons. The minimum atomic E-state index is -0.857. The molecule has 0 saturated carbocycles. The predicted octanol–water partition coefficient (Wildman–Crippen LogP) is 2.48. The molecule has 3 rings (SSSR count). The molecule has 0 spiro atoms. The molecule has 1 aromatic rings. The standard InChI is InChI=1S/C16H20FN3O3/c1-19-11-3-2-4-12(19)8-10(7-11)18-16(21)14-6-5-13(20(22)23)9-15(14)17/h5-6,9-12H,2-4,7-8H2,1H3,(H,18,21)/t10?,11-,12+. The van der Waals surface area contributed by atoms with Crippen molar-refractivity contribution in [3.8, 4) is 0 Å². The Bertz CT molecular complexity index is 623. The lowest BCUT2D eigenvalue weighted by atomic mass is 9.82. The van der Waals surface area contributed by atoms with Crippen molar-refractivity contribution in [3.63, 3.8) is 0 Å². The maximum atomic E-state index is 13.9. The van der Waals surface area contributed by atoms with Gasteiger partial charge in [-0.05, 0) is 38.8 Å². The zero-order valence-corrected chi connectivity index (χ0v) is 13.0. The predicted molar refractivity (Wildman–Crippen MR) is 82.7 cm³/mol. The van der Waals surface area contributed by atoms with Gasteiger partial charge in [-0.2, -0.15) is 0 Å². The van der Waals surface area contributed by atoms with Gasteiger partial charge in [0.2, 0.25) is 0 Å². The number of piperidine rings is 2. The number of carbonyl (C=O) groups is 1. The lowest BCUT2D eigenvalue weighted by molar-refractivity contribution is -0.385. The zero-order valence-electron chi connectivity index (χ0n) is 13.0. The summed E-state index contributed by atoms with van der Waals surface area (Å²) < 4.78 is 13.9. The van der Waals surface area contributed by atoms with Crippen molar-refractivity contribution in [1.29, 1.82) is 0 Å². The fourth-order valence-corrected chi connectivity index (χ4v) is 3.80. The number of halogens is 1. The fourth-order valence-electron chi connectivity index (χ4n) is 3.80. The highest BCUT2D eigenvalue weighted by Crippen LogP contribution is 2.32. The molecule has 2 fully saturated rings. The number of nitro groups is 1. The van der Waals surface area contributed by atoms with Crippen LogP contribution in [0.4, 0.5) is 10.1 Å². The van der Waals surface area contributed by atoms with E-state index in [9.17, 15) is 19.3 Å². The molecular weight excluding hydrogens is 301 g/mol. The first kappa shape index (κ1) is 15.9. The molecule has 2 bridgehead atoms. The number of fused-ring (bicyclic) bond motifs is 2. The van der Waals surface area contributed by atoms with Crippen LogP contribution in [-0.4, -0.2) is 40.9 Å². The Morgan fingerprint density at radius 1 is 1.35 bits per heavy atom. The highest BCUT2D eigenvalue weighted by Gasteiger charge is 2.36.